The fourth-order valence-electron chi connectivity index (χ4n) is 3.99. The lowest BCUT2D eigenvalue weighted by Gasteiger charge is -2.20. The molecule has 1 aliphatic heterocycles. The summed E-state index contributed by atoms with van der Waals surface area (Å²) in [6, 6.07) is 10.8. The quantitative estimate of drug-likeness (QED) is 0.221. The van der Waals surface area contributed by atoms with Crippen molar-refractivity contribution in [2.75, 3.05) is 23.0 Å². The second-order valence-corrected chi connectivity index (χ2v) is 13.9. The Hall–Kier alpha value is -2.43. The number of aliphatic hydroxyl groups excluding tert-OH is 1. The van der Waals surface area contributed by atoms with Crippen LogP contribution in [0.15, 0.2) is 55.2 Å². The van der Waals surface area contributed by atoms with Gasteiger partial charge in [0.2, 0.25) is 21.5 Å². The molecule has 3 N–H and O–H groups in total. The number of amides is 1. The van der Waals surface area contributed by atoms with Gasteiger partial charge in [-0.15, -0.1) is 0 Å². The first-order valence-corrected chi connectivity index (χ1v) is 16.2. The van der Waals surface area contributed by atoms with Gasteiger partial charge in [-0.25, -0.2) is 8.42 Å². The number of thioether (sulfide) groups is 1. The Morgan fingerprint density at radius 2 is 1.95 bits per heavy atom. The number of anilines is 1. The van der Waals surface area contributed by atoms with Crippen LogP contribution in [0.5, 0.6) is 0 Å². The zero-order valence-corrected chi connectivity index (χ0v) is 24.2. The van der Waals surface area contributed by atoms with Gasteiger partial charge in [0.15, 0.2) is 6.54 Å². The van der Waals surface area contributed by atoms with Gasteiger partial charge in [-0.2, -0.15) is 13.0 Å². The number of aliphatic hydroxyl groups is 1. The van der Waals surface area contributed by atoms with Crippen LogP contribution in [-0.2, 0) is 38.1 Å². The van der Waals surface area contributed by atoms with Gasteiger partial charge in [0.1, 0.15) is 0 Å². The summed E-state index contributed by atoms with van der Waals surface area (Å²) in [5, 5.41) is 10.2. The summed E-state index contributed by atoms with van der Waals surface area (Å²) in [7, 11) is -8.02. The van der Waals surface area contributed by atoms with Crippen LogP contribution in [0.1, 0.15) is 24.8 Å². The van der Waals surface area contributed by atoms with E-state index >= 15 is 0 Å². The van der Waals surface area contributed by atoms with Crippen LogP contribution in [-0.4, -0.2) is 50.5 Å². The first kappa shape index (κ1) is 28.6. The highest BCUT2D eigenvalue weighted by atomic mass is 79.9. The van der Waals surface area contributed by atoms with Crippen molar-refractivity contribution in [2.45, 2.75) is 31.4 Å². The van der Waals surface area contributed by atoms with Crippen molar-refractivity contribution in [3.63, 3.8) is 0 Å². The highest BCUT2D eigenvalue weighted by molar-refractivity contribution is 9.10. The molecule has 1 aromatic heterocycles. The predicted molar refractivity (Wildman–Crippen MR) is 146 cm³/mol. The van der Waals surface area contributed by atoms with Crippen molar-refractivity contribution in [3.05, 3.63) is 57.4 Å². The molecule has 1 aliphatic rings. The molecular formula is C23H25BrN3O8S3+. The average Bonchev–Trinajstić information content (AvgIpc) is 3.32. The predicted octanol–water partition coefficient (Wildman–Crippen LogP) is 2.63. The van der Waals surface area contributed by atoms with E-state index in [0.29, 0.717) is 27.6 Å². The number of fused-ring (bicyclic) bond motifs is 2. The Morgan fingerprint density at radius 3 is 2.63 bits per heavy atom. The number of sulfonamides is 1. The Morgan fingerprint density at radius 1 is 1.18 bits per heavy atom. The molecule has 3 aromatic rings. The van der Waals surface area contributed by atoms with Gasteiger partial charge < -0.3 is 14.4 Å². The van der Waals surface area contributed by atoms with Crippen LogP contribution >= 0.6 is 27.7 Å². The lowest BCUT2D eigenvalue weighted by atomic mass is 10.2. The first-order valence-electron chi connectivity index (χ1n) is 11.3. The number of benzene rings is 2. The van der Waals surface area contributed by atoms with E-state index in [2.05, 4.69) is 15.9 Å². The summed E-state index contributed by atoms with van der Waals surface area (Å²) in [5.41, 5.74) is 2.54. The highest BCUT2D eigenvalue weighted by Crippen LogP contribution is 2.47. The molecule has 0 aliphatic carbocycles. The van der Waals surface area contributed by atoms with Gasteiger partial charge >= 0.3 is 5.89 Å². The molecule has 0 bridgehead atoms. The molecule has 2 heterocycles. The second-order valence-electron chi connectivity index (χ2n) is 8.52. The van der Waals surface area contributed by atoms with Crippen LogP contribution in [0, 0.1) is 0 Å². The van der Waals surface area contributed by atoms with E-state index < -0.39 is 31.8 Å². The number of rotatable bonds is 10. The molecule has 4 rings (SSSR count). The third kappa shape index (κ3) is 6.95. The van der Waals surface area contributed by atoms with Crippen molar-refractivity contribution >= 4 is 76.6 Å². The zero-order chi connectivity index (χ0) is 27.7. The standard InChI is InChI=1S/C23H24BrN3O8S3/c1-15(29)25-37(30,31)10-8-27-19-12-17(24)4-6-21(19)36-23(27)13-22-26(7-2-9-38(32,33)34)18-11-16(14-28)3-5-20(18)35-22/h3-6,11-13,28H,2,7-10,14H2,1H3,(H-,25,29,32,33,34)/p+1. The number of hydrogen-bond donors (Lipinski definition) is 3. The van der Waals surface area contributed by atoms with E-state index in [1.54, 1.807) is 33.7 Å². The van der Waals surface area contributed by atoms with Crippen LogP contribution < -0.4 is 14.2 Å². The Kier molecular flexibility index (Phi) is 8.54. The largest absolute Gasteiger partial charge is 0.398 e. The minimum atomic E-state index is -4.16. The second kappa shape index (κ2) is 11.4. The summed E-state index contributed by atoms with van der Waals surface area (Å²) in [6.45, 7) is 1.17. The first-order chi connectivity index (χ1) is 17.8. The molecule has 0 saturated heterocycles. The van der Waals surface area contributed by atoms with E-state index in [1.807, 2.05) is 22.9 Å². The lowest BCUT2D eigenvalue weighted by Crippen LogP contribution is -2.37. The third-order valence-electron chi connectivity index (χ3n) is 5.58. The van der Waals surface area contributed by atoms with Crippen LogP contribution in [0.2, 0.25) is 0 Å². The molecule has 11 nitrogen and oxygen atoms in total. The molecular weight excluding hydrogens is 622 g/mol. The average molecular weight is 648 g/mol. The number of carbonyl (C=O) groups excluding carboxylic acids is 1. The van der Waals surface area contributed by atoms with Crippen LogP contribution in [0.4, 0.5) is 5.69 Å². The zero-order valence-electron chi connectivity index (χ0n) is 20.1. The van der Waals surface area contributed by atoms with Gasteiger partial charge in [0.05, 0.1) is 34.9 Å². The van der Waals surface area contributed by atoms with E-state index in [4.69, 9.17) is 4.42 Å². The normalized spacial score (nSPS) is 14.8. The molecule has 38 heavy (non-hydrogen) atoms. The van der Waals surface area contributed by atoms with Crippen LogP contribution in [0.3, 0.4) is 0 Å². The lowest BCUT2D eigenvalue weighted by molar-refractivity contribution is -0.677. The van der Waals surface area contributed by atoms with Gasteiger partial charge in [0, 0.05) is 35.3 Å². The fourth-order valence-corrected chi connectivity index (χ4v) is 6.89. The number of nitrogens with one attached hydrogen (secondary N) is 1. The number of halogens is 1. The number of oxazole rings is 1. The number of nitrogens with zero attached hydrogens (tertiary/aromatic N) is 2. The van der Waals surface area contributed by atoms with E-state index in [9.17, 15) is 31.3 Å². The monoisotopic (exact) mass is 646 g/mol. The molecule has 0 radical (unpaired) electrons. The minimum absolute atomic E-state index is 0.0442. The molecule has 0 unspecified atom stereocenters. The Labute approximate surface area is 232 Å². The molecule has 1 amide bonds. The highest BCUT2D eigenvalue weighted by Gasteiger charge is 2.30. The molecule has 0 atom stereocenters. The van der Waals surface area contributed by atoms with Crippen molar-refractivity contribution in [2.24, 2.45) is 0 Å². The molecule has 0 saturated carbocycles. The third-order valence-corrected chi connectivity index (χ3v) is 9.31. The summed E-state index contributed by atoms with van der Waals surface area (Å²) in [6.07, 6.45) is 1.84. The van der Waals surface area contributed by atoms with Crippen molar-refractivity contribution in [1.82, 2.24) is 4.72 Å². The van der Waals surface area contributed by atoms with Gasteiger partial charge in [-0.05, 0) is 29.8 Å². The van der Waals surface area contributed by atoms with Crippen molar-refractivity contribution in [1.29, 1.82) is 0 Å². The Bertz CT molecular complexity index is 1630. The number of aryl methyl sites for hydroxylation is 1. The van der Waals surface area contributed by atoms with Crippen molar-refractivity contribution in [3.8, 4) is 0 Å². The van der Waals surface area contributed by atoms with E-state index in [1.165, 1.54) is 11.8 Å². The summed E-state index contributed by atoms with van der Waals surface area (Å²) in [4.78, 5) is 14.0. The minimum Gasteiger partial charge on any atom is -0.398 e. The van der Waals surface area contributed by atoms with E-state index in [0.717, 1.165) is 22.0 Å². The SMILES string of the molecule is CC(=O)NS(=O)(=O)CCN1C(=Cc2oc3ccc(CO)cc3[n+]2CCCS(=O)(=O)O)Sc2ccc(Br)cc21. The fraction of sp³-hybridized carbons (Fsp3) is 0.304. The number of aromatic nitrogens is 1. The maximum atomic E-state index is 12.4. The molecule has 0 spiro atoms. The van der Waals surface area contributed by atoms with Gasteiger partial charge in [-0.3, -0.25) is 14.1 Å². The number of hydrogen-bond acceptors (Lipinski definition) is 9. The summed E-state index contributed by atoms with van der Waals surface area (Å²) < 4.78 is 67.1. The summed E-state index contributed by atoms with van der Waals surface area (Å²) in [5.74, 6) is -1.08. The molecule has 204 valence electrons. The molecule has 15 heteroatoms. The van der Waals surface area contributed by atoms with Crippen LogP contribution in [0.25, 0.3) is 17.2 Å². The molecule has 2 aromatic carbocycles. The summed E-state index contributed by atoms with van der Waals surface area (Å²) >= 11 is 4.85. The van der Waals surface area contributed by atoms with Gasteiger partial charge in [0.25, 0.3) is 15.6 Å². The van der Waals surface area contributed by atoms with E-state index in [-0.39, 0.29) is 31.9 Å². The number of carbonyl (C=O) groups is 1. The van der Waals surface area contributed by atoms with Gasteiger partial charge in [-0.1, -0.05) is 33.8 Å². The Balaban J connectivity index is 1.75. The van der Waals surface area contributed by atoms with Crippen molar-refractivity contribution < 1.29 is 40.3 Å². The smallest absolute Gasteiger partial charge is 0.376 e. The topological polar surface area (TPSA) is 158 Å². The molecule has 0 fully saturated rings. The maximum absolute atomic E-state index is 12.4. The maximum Gasteiger partial charge on any atom is 0.376 e.